The molecule has 0 atom stereocenters. The molecule has 0 N–H and O–H groups in total. The van der Waals surface area contributed by atoms with Crippen molar-refractivity contribution in [2.24, 2.45) is 0 Å². The number of hydrogen-bond acceptors (Lipinski definition) is 3. The van der Waals surface area contributed by atoms with Crippen LogP contribution in [0.1, 0.15) is 84.5 Å². The monoisotopic (exact) mass is 700 g/mol. The fraction of sp³-hybridized carbons (Fsp3) is 0.250. The van der Waals surface area contributed by atoms with E-state index in [-0.39, 0.29) is 22.0 Å². The number of hydrogen-bond donors (Lipinski definition) is 0. The number of imidazole rings is 2. The van der Waals surface area contributed by atoms with Gasteiger partial charge in [-0.05, 0) is 101 Å². The van der Waals surface area contributed by atoms with Gasteiger partial charge < -0.3 is 4.74 Å². The Hall–Kier alpha value is -5.68. The summed E-state index contributed by atoms with van der Waals surface area (Å²) >= 11 is 0. The first-order chi connectivity index (χ1) is 27.7. The summed E-state index contributed by atoms with van der Waals surface area (Å²) in [5, 5.41) is 0. The predicted molar refractivity (Wildman–Crippen MR) is 219 cm³/mol. The first-order valence-corrected chi connectivity index (χ1v) is 18.2. The van der Waals surface area contributed by atoms with Crippen molar-refractivity contribution in [3.63, 3.8) is 0 Å². The summed E-state index contributed by atoms with van der Waals surface area (Å²) in [5.41, 5.74) is 8.22. The van der Waals surface area contributed by atoms with Gasteiger partial charge in [0, 0.05) is 47.6 Å². The van der Waals surface area contributed by atoms with Crippen LogP contribution in [-0.4, -0.2) is 18.9 Å². The Labute approximate surface area is 320 Å². The van der Waals surface area contributed by atoms with Crippen LogP contribution in [0.3, 0.4) is 0 Å². The van der Waals surface area contributed by atoms with Gasteiger partial charge in [0.05, 0.1) is 22.1 Å². The molecule has 5 aromatic carbocycles. The standard InChI is InChI=1S/C48H46N4O/c1-29-20-22-31(42-35(46(3,4)5)24-25-36-43(42)53-44-37(15-14-26-49-44)48(8,9)47(36,6)7)27-33(29)34-28-32(23-21-30(34)2)51-40-18-12-13-19-41(40)52-39-17-11-10-16-38(39)50-45(51)52/h10-28H,1-9H3/i1D3,2D3. The largest absolute Gasteiger partial charge is 0.438 e. The van der Waals surface area contributed by atoms with Crippen molar-refractivity contribution in [3.05, 3.63) is 143 Å². The fourth-order valence-electron chi connectivity index (χ4n) is 8.23. The molecule has 0 saturated heterocycles. The van der Waals surface area contributed by atoms with E-state index in [1.807, 2.05) is 71.3 Å². The van der Waals surface area contributed by atoms with E-state index in [2.05, 4.69) is 71.1 Å². The second-order valence-corrected chi connectivity index (χ2v) is 16.4. The summed E-state index contributed by atoms with van der Waals surface area (Å²) in [4.78, 5) is 9.78. The molecule has 0 unspecified atom stereocenters. The Bertz CT molecular complexity index is 3000. The van der Waals surface area contributed by atoms with Crippen molar-refractivity contribution in [2.75, 3.05) is 0 Å². The lowest BCUT2D eigenvalue weighted by molar-refractivity contribution is 0.305. The normalized spacial score (nSPS) is 17.1. The number of aromatic nitrogens is 4. The van der Waals surface area contributed by atoms with E-state index >= 15 is 0 Å². The minimum Gasteiger partial charge on any atom is -0.438 e. The van der Waals surface area contributed by atoms with Crippen molar-refractivity contribution >= 4 is 27.8 Å². The molecule has 5 nitrogen and oxygen atoms in total. The molecule has 264 valence electrons. The van der Waals surface area contributed by atoms with Gasteiger partial charge in [-0.25, -0.2) is 9.97 Å². The average Bonchev–Trinajstić information content (AvgIpc) is 3.69. The first kappa shape index (κ1) is 27.0. The molecule has 3 aromatic heterocycles. The molecule has 1 aliphatic heterocycles. The summed E-state index contributed by atoms with van der Waals surface area (Å²) in [6.07, 6.45) is 1.74. The van der Waals surface area contributed by atoms with Gasteiger partial charge in [0.2, 0.25) is 11.7 Å². The zero-order valence-corrected chi connectivity index (χ0v) is 31.2. The highest BCUT2D eigenvalue weighted by molar-refractivity contribution is 5.92. The Morgan fingerprint density at radius 2 is 1.36 bits per heavy atom. The van der Waals surface area contributed by atoms with Crippen molar-refractivity contribution in [3.8, 4) is 39.6 Å². The minimum absolute atomic E-state index is 0.0464. The van der Waals surface area contributed by atoms with Gasteiger partial charge in [-0.1, -0.05) is 109 Å². The zero-order valence-electron chi connectivity index (χ0n) is 37.2. The maximum Gasteiger partial charge on any atom is 0.223 e. The fourth-order valence-corrected chi connectivity index (χ4v) is 8.23. The van der Waals surface area contributed by atoms with Crippen LogP contribution in [0, 0.1) is 13.7 Å². The van der Waals surface area contributed by atoms with E-state index < -0.39 is 19.1 Å². The number of fused-ring (bicyclic) bond motifs is 7. The van der Waals surface area contributed by atoms with Crippen LogP contribution in [0.4, 0.5) is 0 Å². The van der Waals surface area contributed by atoms with Crippen molar-refractivity contribution in [1.29, 1.82) is 0 Å². The summed E-state index contributed by atoms with van der Waals surface area (Å²) in [5.74, 6) is 1.83. The summed E-state index contributed by atoms with van der Waals surface area (Å²) < 4.78 is 63.6. The molecule has 9 rings (SSSR count). The van der Waals surface area contributed by atoms with Crippen LogP contribution in [0.5, 0.6) is 11.6 Å². The van der Waals surface area contributed by atoms with E-state index in [0.717, 1.165) is 44.3 Å². The number of nitrogens with zero attached hydrogens (tertiary/aromatic N) is 4. The van der Waals surface area contributed by atoms with Crippen molar-refractivity contribution in [1.82, 2.24) is 18.9 Å². The first-order valence-electron chi connectivity index (χ1n) is 21.2. The summed E-state index contributed by atoms with van der Waals surface area (Å²) in [6.45, 7) is 10.2. The van der Waals surface area contributed by atoms with Gasteiger partial charge in [0.15, 0.2) is 0 Å². The van der Waals surface area contributed by atoms with E-state index in [1.54, 1.807) is 30.5 Å². The summed E-state index contributed by atoms with van der Waals surface area (Å²) in [7, 11) is 0. The number of para-hydroxylation sites is 4. The molecule has 4 heterocycles. The molecular formula is C48H46N4O. The molecule has 0 spiro atoms. The number of rotatable bonds is 3. The quantitative estimate of drug-likeness (QED) is 0.184. The second kappa shape index (κ2) is 11.4. The highest BCUT2D eigenvalue weighted by Gasteiger charge is 2.47. The Morgan fingerprint density at radius 1 is 0.679 bits per heavy atom. The molecule has 5 heteroatoms. The smallest absolute Gasteiger partial charge is 0.223 e. The van der Waals surface area contributed by atoms with Gasteiger partial charge in [-0.15, -0.1) is 0 Å². The third-order valence-corrected chi connectivity index (χ3v) is 11.8. The highest BCUT2D eigenvalue weighted by atomic mass is 16.5. The highest BCUT2D eigenvalue weighted by Crippen LogP contribution is 2.56. The van der Waals surface area contributed by atoms with Crippen LogP contribution >= 0.6 is 0 Å². The number of aryl methyl sites for hydroxylation is 2. The maximum atomic E-state index is 8.78. The van der Waals surface area contributed by atoms with Crippen molar-refractivity contribution < 1.29 is 13.0 Å². The van der Waals surface area contributed by atoms with Gasteiger partial charge in [-0.2, -0.15) is 0 Å². The second-order valence-electron chi connectivity index (χ2n) is 16.4. The lowest BCUT2D eigenvalue weighted by Gasteiger charge is -2.41. The summed E-state index contributed by atoms with van der Waals surface area (Å²) in [6, 6.07) is 34.7. The van der Waals surface area contributed by atoms with Crippen LogP contribution < -0.4 is 4.74 Å². The lowest BCUT2D eigenvalue weighted by Crippen LogP contribution is -2.39. The van der Waals surface area contributed by atoms with E-state index in [1.165, 1.54) is 0 Å². The van der Waals surface area contributed by atoms with Crippen LogP contribution in [-0.2, 0) is 16.2 Å². The third-order valence-electron chi connectivity index (χ3n) is 11.8. The molecule has 53 heavy (non-hydrogen) atoms. The van der Waals surface area contributed by atoms with Crippen LogP contribution in [0.2, 0.25) is 0 Å². The molecule has 0 amide bonds. The minimum atomic E-state index is -2.57. The molecule has 0 bridgehead atoms. The molecule has 1 aliphatic rings. The number of benzene rings is 5. The van der Waals surface area contributed by atoms with Gasteiger partial charge >= 0.3 is 0 Å². The average molecular weight is 701 g/mol. The molecule has 8 aromatic rings. The predicted octanol–water partition coefficient (Wildman–Crippen LogP) is 12.4. The molecule has 0 aliphatic carbocycles. The molecule has 0 fully saturated rings. The van der Waals surface area contributed by atoms with Gasteiger partial charge in [-0.3, -0.25) is 8.97 Å². The van der Waals surface area contributed by atoms with Crippen LogP contribution in [0.25, 0.3) is 55.8 Å². The topological polar surface area (TPSA) is 44.4 Å². The Balaban J connectivity index is 1.36. The molecular weight excluding hydrogens is 649 g/mol. The van der Waals surface area contributed by atoms with Crippen molar-refractivity contribution in [2.45, 2.75) is 78.4 Å². The molecule has 0 saturated carbocycles. The SMILES string of the molecule is [2H]C([2H])([2H])c1ccc(-c2c(C(C)(C)C)ccc3c2Oc2ncccc2C(C)(C)C3(C)C)cc1-c1cc(-n2c3ccccc3n3c4ccccc4nc23)ccc1C([2H])([2H])[2H]. The molecule has 0 radical (unpaired) electrons. The van der Waals surface area contributed by atoms with Gasteiger partial charge in [0.1, 0.15) is 5.75 Å². The van der Waals surface area contributed by atoms with Crippen LogP contribution in [0.15, 0.2) is 115 Å². The maximum absolute atomic E-state index is 8.78. The van der Waals surface area contributed by atoms with E-state index in [4.69, 9.17) is 22.9 Å². The Kier molecular flexibility index (Phi) is 5.81. The zero-order chi connectivity index (χ0) is 42.0. The van der Waals surface area contributed by atoms with E-state index in [0.29, 0.717) is 39.8 Å². The van der Waals surface area contributed by atoms with E-state index in [9.17, 15) is 0 Å². The Morgan fingerprint density at radius 3 is 2.11 bits per heavy atom. The lowest BCUT2D eigenvalue weighted by atomic mass is 9.61. The number of pyridine rings is 1. The van der Waals surface area contributed by atoms with Gasteiger partial charge in [0.25, 0.3) is 0 Å². The third kappa shape index (κ3) is 4.83. The number of ether oxygens (including phenoxy) is 1.